The Balaban J connectivity index is 2.42. The predicted octanol–water partition coefficient (Wildman–Crippen LogP) is 3.32. The van der Waals surface area contributed by atoms with Crippen molar-refractivity contribution < 1.29 is 22.8 Å². The number of unbranched alkanes of at least 4 members (excludes halogenated alkanes) is 2. The molecule has 1 rings (SSSR count). The first-order valence-corrected chi connectivity index (χ1v) is 6.29. The van der Waals surface area contributed by atoms with Crippen LogP contribution in [0, 0.1) is 0 Å². The highest BCUT2D eigenvalue weighted by Gasteiger charge is 2.30. The lowest BCUT2D eigenvalue weighted by Gasteiger charge is -2.07. The van der Waals surface area contributed by atoms with E-state index >= 15 is 0 Å². The van der Waals surface area contributed by atoms with E-state index in [1.165, 1.54) is 12.1 Å². The van der Waals surface area contributed by atoms with E-state index in [4.69, 9.17) is 5.73 Å². The number of carbonyl (C=O) groups excluding carboxylic acids is 2. The number of Topliss-reactive ketones (excluding diaryl/α,β-unsaturated/α-hetero) is 1. The molecule has 0 fully saturated rings. The number of benzene rings is 1. The minimum Gasteiger partial charge on any atom is -0.370 e. The zero-order valence-corrected chi connectivity index (χ0v) is 10.9. The van der Waals surface area contributed by atoms with Crippen molar-refractivity contribution in [1.82, 2.24) is 0 Å². The van der Waals surface area contributed by atoms with E-state index in [2.05, 4.69) is 0 Å². The summed E-state index contributed by atoms with van der Waals surface area (Å²) in [6, 6.07) is 4.18. The summed E-state index contributed by atoms with van der Waals surface area (Å²) in [5, 5.41) is 0. The summed E-state index contributed by atoms with van der Waals surface area (Å²) in [7, 11) is 0. The fourth-order valence-corrected chi connectivity index (χ4v) is 1.75. The summed E-state index contributed by atoms with van der Waals surface area (Å²) in [5.41, 5.74) is 4.48. The molecule has 2 N–H and O–H groups in total. The van der Waals surface area contributed by atoms with Gasteiger partial charge >= 0.3 is 6.18 Å². The van der Waals surface area contributed by atoms with E-state index in [1.807, 2.05) is 0 Å². The van der Waals surface area contributed by atoms with Gasteiger partial charge in [0.2, 0.25) is 5.91 Å². The number of rotatable bonds is 7. The van der Waals surface area contributed by atoms with Crippen LogP contribution in [0.15, 0.2) is 24.3 Å². The standard InChI is InChI=1S/C14H16F3NO2/c15-14(16,17)11-8-6-10(7-9-11)12(19)4-2-1-3-5-13(18)20/h6-9H,1-5H2,(H2,18,20). The molecule has 110 valence electrons. The average molecular weight is 287 g/mol. The molecule has 3 nitrogen and oxygen atoms in total. The zero-order chi connectivity index (χ0) is 15.2. The molecule has 1 aromatic rings. The van der Waals surface area contributed by atoms with Crippen LogP contribution in [0.2, 0.25) is 0 Å². The quantitative estimate of drug-likeness (QED) is 0.617. The van der Waals surface area contributed by atoms with Crippen LogP contribution in [-0.4, -0.2) is 11.7 Å². The SMILES string of the molecule is NC(=O)CCCCCC(=O)c1ccc(C(F)(F)F)cc1. The molecular weight excluding hydrogens is 271 g/mol. The van der Waals surface area contributed by atoms with Crippen molar-refractivity contribution >= 4 is 11.7 Å². The van der Waals surface area contributed by atoms with Gasteiger partial charge < -0.3 is 5.73 Å². The molecule has 0 radical (unpaired) electrons. The maximum Gasteiger partial charge on any atom is 0.416 e. The lowest BCUT2D eigenvalue weighted by molar-refractivity contribution is -0.137. The van der Waals surface area contributed by atoms with Crippen LogP contribution in [-0.2, 0) is 11.0 Å². The van der Waals surface area contributed by atoms with E-state index < -0.39 is 11.7 Å². The van der Waals surface area contributed by atoms with Crippen LogP contribution < -0.4 is 5.73 Å². The molecule has 0 aromatic heterocycles. The van der Waals surface area contributed by atoms with E-state index in [-0.39, 0.29) is 30.1 Å². The molecule has 0 spiro atoms. The van der Waals surface area contributed by atoms with Crippen LogP contribution >= 0.6 is 0 Å². The summed E-state index contributed by atoms with van der Waals surface area (Å²) in [4.78, 5) is 22.2. The number of halogens is 3. The third-order valence-corrected chi connectivity index (χ3v) is 2.86. The van der Waals surface area contributed by atoms with Gasteiger partial charge in [0.15, 0.2) is 5.78 Å². The number of ketones is 1. The first-order valence-electron chi connectivity index (χ1n) is 6.29. The summed E-state index contributed by atoms with van der Waals surface area (Å²) in [5.74, 6) is -0.572. The minimum absolute atomic E-state index is 0.196. The number of carbonyl (C=O) groups is 2. The molecule has 0 aliphatic rings. The van der Waals surface area contributed by atoms with E-state index in [9.17, 15) is 22.8 Å². The van der Waals surface area contributed by atoms with Gasteiger partial charge in [-0.15, -0.1) is 0 Å². The van der Waals surface area contributed by atoms with Crippen LogP contribution in [0.5, 0.6) is 0 Å². The van der Waals surface area contributed by atoms with E-state index in [0.29, 0.717) is 19.3 Å². The molecule has 0 bridgehead atoms. The maximum absolute atomic E-state index is 12.4. The maximum atomic E-state index is 12.4. The molecule has 0 heterocycles. The Labute approximate surface area is 115 Å². The predicted molar refractivity (Wildman–Crippen MR) is 68.1 cm³/mol. The van der Waals surface area contributed by atoms with Crippen molar-refractivity contribution in [3.8, 4) is 0 Å². The van der Waals surface area contributed by atoms with Gasteiger partial charge in [0.25, 0.3) is 0 Å². The van der Waals surface area contributed by atoms with E-state index in [0.717, 1.165) is 12.1 Å². The third-order valence-electron chi connectivity index (χ3n) is 2.86. The van der Waals surface area contributed by atoms with Crippen molar-refractivity contribution in [2.24, 2.45) is 5.73 Å². The Morgan fingerprint density at radius 3 is 2.00 bits per heavy atom. The molecule has 0 unspecified atom stereocenters. The highest BCUT2D eigenvalue weighted by atomic mass is 19.4. The van der Waals surface area contributed by atoms with Crippen molar-refractivity contribution in [2.75, 3.05) is 0 Å². The Bertz CT molecular complexity index is 466. The number of hydrogen-bond donors (Lipinski definition) is 1. The monoisotopic (exact) mass is 287 g/mol. The van der Waals surface area contributed by atoms with Crippen LogP contribution in [0.1, 0.15) is 48.0 Å². The largest absolute Gasteiger partial charge is 0.416 e. The molecule has 0 aliphatic carbocycles. The van der Waals surface area contributed by atoms with Gasteiger partial charge in [-0.25, -0.2) is 0 Å². The summed E-state index contributed by atoms with van der Waals surface area (Å²) in [6.07, 6.45) is -1.95. The van der Waals surface area contributed by atoms with Gasteiger partial charge in [-0.2, -0.15) is 13.2 Å². The molecule has 6 heteroatoms. The van der Waals surface area contributed by atoms with Crippen LogP contribution in [0.4, 0.5) is 13.2 Å². The van der Waals surface area contributed by atoms with Gasteiger partial charge in [0.1, 0.15) is 0 Å². The average Bonchev–Trinajstić information content (AvgIpc) is 2.37. The lowest BCUT2D eigenvalue weighted by Crippen LogP contribution is -2.09. The Kier molecular flexibility index (Phi) is 5.73. The summed E-state index contributed by atoms with van der Waals surface area (Å²) >= 11 is 0. The molecule has 1 aromatic carbocycles. The molecular formula is C14H16F3NO2. The van der Waals surface area contributed by atoms with Crippen molar-refractivity contribution in [3.63, 3.8) is 0 Å². The second-order valence-corrected chi connectivity index (χ2v) is 4.53. The number of alkyl halides is 3. The topological polar surface area (TPSA) is 60.2 Å². The highest BCUT2D eigenvalue weighted by Crippen LogP contribution is 2.29. The Morgan fingerprint density at radius 2 is 1.50 bits per heavy atom. The number of primary amides is 1. The molecule has 0 saturated carbocycles. The van der Waals surface area contributed by atoms with Gasteiger partial charge in [-0.1, -0.05) is 18.6 Å². The van der Waals surface area contributed by atoms with Gasteiger partial charge in [-0.3, -0.25) is 9.59 Å². The molecule has 0 atom stereocenters. The fourth-order valence-electron chi connectivity index (χ4n) is 1.75. The van der Waals surface area contributed by atoms with Crippen molar-refractivity contribution in [1.29, 1.82) is 0 Å². The minimum atomic E-state index is -4.39. The first-order chi connectivity index (χ1) is 9.30. The Morgan fingerprint density at radius 1 is 0.950 bits per heavy atom. The summed E-state index contributed by atoms with van der Waals surface area (Å²) < 4.78 is 37.1. The van der Waals surface area contributed by atoms with Crippen molar-refractivity contribution in [3.05, 3.63) is 35.4 Å². The first kappa shape index (κ1) is 16.2. The second-order valence-electron chi connectivity index (χ2n) is 4.53. The number of hydrogen-bond acceptors (Lipinski definition) is 2. The molecule has 0 aliphatic heterocycles. The zero-order valence-electron chi connectivity index (χ0n) is 10.9. The number of nitrogens with two attached hydrogens (primary N) is 1. The molecule has 0 saturated heterocycles. The summed E-state index contributed by atoms with van der Waals surface area (Å²) in [6.45, 7) is 0. The molecule has 1 amide bonds. The lowest BCUT2D eigenvalue weighted by atomic mass is 10.0. The van der Waals surface area contributed by atoms with E-state index in [1.54, 1.807) is 0 Å². The van der Waals surface area contributed by atoms with Gasteiger partial charge in [-0.05, 0) is 25.0 Å². The highest BCUT2D eigenvalue weighted by molar-refractivity contribution is 5.96. The third kappa shape index (κ3) is 5.42. The van der Waals surface area contributed by atoms with Crippen LogP contribution in [0.3, 0.4) is 0 Å². The second kappa shape index (κ2) is 7.07. The Hall–Kier alpha value is -1.85. The van der Waals surface area contributed by atoms with Crippen LogP contribution in [0.25, 0.3) is 0 Å². The number of amides is 1. The molecule has 20 heavy (non-hydrogen) atoms. The smallest absolute Gasteiger partial charge is 0.370 e. The van der Waals surface area contributed by atoms with Gasteiger partial charge in [0, 0.05) is 18.4 Å². The van der Waals surface area contributed by atoms with Gasteiger partial charge in [0.05, 0.1) is 5.56 Å². The normalized spacial score (nSPS) is 11.3. The van der Waals surface area contributed by atoms with Crippen molar-refractivity contribution in [2.45, 2.75) is 38.3 Å². The fraction of sp³-hybridized carbons (Fsp3) is 0.429.